The normalized spacial score (nSPS) is 22.5. The summed E-state index contributed by atoms with van der Waals surface area (Å²) in [5.41, 5.74) is 7.69. The summed E-state index contributed by atoms with van der Waals surface area (Å²) >= 11 is 5.90. The average molecular weight is 255 g/mol. The van der Waals surface area contributed by atoms with Crippen LogP contribution in [0.2, 0.25) is 5.02 Å². The van der Waals surface area contributed by atoms with Crippen LogP contribution in [0, 0.1) is 0 Å². The standard InChI is InChI=1S/C12H15ClN2O2/c13-9-1-2-11(10(14)7-9)15-4-3-12(8-15)16-5-6-17-12/h1-2,7H,3-6,8,14H2. The number of hydrogen-bond acceptors (Lipinski definition) is 4. The smallest absolute Gasteiger partial charge is 0.187 e. The molecule has 5 heteroatoms. The highest BCUT2D eigenvalue weighted by atomic mass is 35.5. The molecule has 0 aliphatic carbocycles. The van der Waals surface area contributed by atoms with Crippen LogP contribution < -0.4 is 10.6 Å². The zero-order chi connectivity index (χ0) is 11.9. The quantitative estimate of drug-likeness (QED) is 0.778. The van der Waals surface area contributed by atoms with Gasteiger partial charge in [0.15, 0.2) is 5.79 Å². The summed E-state index contributed by atoms with van der Waals surface area (Å²) in [6, 6.07) is 5.58. The van der Waals surface area contributed by atoms with Gasteiger partial charge in [0.25, 0.3) is 0 Å². The number of rotatable bonds is 1. The minimum Gasteiger partial charge on any atom is -0.397 e. The average Bonchev–Trinajstić information content (AvgIpc) is 2.90. The fraction of sp³-hybridized carbons (Fsp3) is 0.500. The van der Waals surface area contributed by atoms with Gasteiger partial charge in [-0.3, -0.25) is 0 Å². The number of halogens is 1. The van der Waals surface area contributed by atoms with Crippen molar-refractivity contribution < 1.29 is 9.47 Å². The van der Waals surface area contributed by atoms with Gasteiger partial charge >= 0.3 is 0 Å². The lowest BCUT2D eigenvalue weighted by atomic mass is 10.2. The lowest BCUT2D eigenvalue weighted by Gasteiger charge is -2.24. The Morgan fingerprint density at radius 3 is 2.76 bits per heavy atom. The Morgan fingerprint density at radius 1 is 1.29 bits per heavy atom. The van der Waals surface area contributed by atoms with Gasteiger partial charge in [0, 0.05) is 18.0 Å². The third kappa shape index (κ3) is 1.97. The van der Waals surface area contributed by atoms with Crippen LogP contribution in [0.15, 0.2) is 18.2 Å². The van der Waals surface area contributed by atoms with Crippen LogP contribution in [0.5, 0.6) is 0 Å². The SMILES string of the molecule is Nc1cc(Cl)ccc1N1CCC2(C1)OCCO2. The van der Waals surface area contributed by atoms with Crippen molar-refractivity contribution in [2.75, 3.05) is 36.9 Å². The lowest BCUT2D eigenvalue weighted by Crippen LogP contribution is -2.34. The maximum Gasteiger partial charge on any atom is 0.187 e. The summed E-state index contributed by atoms with van der Waals surface area (Å²) in [4.78, 5) is 2.19. The second-order valence-corrected chi connectivity index (χ2v) is 4.92. The van der Waals surface area contributed by atoms with E-state index >= 15 is 0 Å². The van der Waals surface area contributed by atoms with E-state index in [0.717, 1.165) is 25.2 Å². The predicted octanol–water partition coefficient (Wildman–Crippen LogP) is 1.88. The molecule has 4 nitrogen and oxygen atoms in total. The van der Waals surface area contributed by atoms with Gasteiger partial charge in [-0.2, -0.15) is 0 Å². The summed E-state index contributed by atoms with van der Waals surface area (Å²) in [6.07, 6.45) is 0.884. The Balaban J connectivity index is 1.82. The van der Waals surface area contributed by atoms with Crippen LogP contribution in [0.4, 0.5) is 11.4 Å². The fourth-order valence-corrected chi connectivity index (χ4v) is 2.69. The van der Waals surface area contributed by atoms with Gasteiger partial charge in [-0.15, -0.1) is 0 Å². The van der Waals surface area contributed by atoms with Crippen molar-refractivity contribution in [1.29, 1.82) is 0 Å². The van der Waals surface area contributed by atoms with E-state index in [4.69, 9.17) is 26.8 Å². The van der Waals surface area contributed by atoms with Crippen molar-refractivity contribution in [3.8, 4) is 0 Å². The van der Waals surface area contributed by atoms with Crippen LogP contribution in [0.3, 0.4) is 0 Å². The number of nitrogen functional groups attached to an aromatic ring is 1. The zero-order valence-corrected chi connectivity index (χ0v) is 10.2. The number of hydrogen-bond donors (Lipinski definition) is 1. The Labute approximate surface area is 105 Å². The Kier molecular flexibility index (Phi) is 2.65. The van der Waals surface area contributed by atoms with Crippen molar-refractivity contribution in [2.24, 2.45) is 0 Å². The Morgan fingerprint density at radius 2 is 2.06 bits per heavy atom. The van der Waals surface area contributed by atoms with Crippen molar-refractivity contribution in [3.63, 3.8) is 0 Å². The summed E-state index contributed by atoms with van der Waals surface area (Å²) in [6.45, 7) is 3.00. The maximum absolute atomic E-state index is 5.98. The van der Waals surface area contributed by atoms with E-state index in [2.05, 4.69) is 4.90 Å². The van der Waals surface area contributed by atoms with Gasteiger partial charge in [-0.1, -0.05) is 11.6 Å². The zero-order valence-electron chi connectivity index (χ0n) is 9.49. The van der Waals surface area contributed by atoms with E-state index < -0.39 is 5.79 Å². The largest absolute Gasteiger partial charge is 0.397 e. The second-order valence-electron chi connectivity index (χ2n) is 4.48. The molecule has 2 aliphatic rings. The number of nitrogens with zero attached hydrogens (tertiary/aromatic N) is 1. The highest BCUT2D eigenvalue weighted by Gasteiger charge is 2.43. The summed E-state index contributed by atoms with van der Waals surface area (Å²) in [7, 11) is 0. The van der Waals surface area contributed by atoms with E-state index in [1.165, 1.54) is 0 Å². The topological polar surface area (TPSA) is 47.7 Å². The molecule has 0 aromatic heterocycles. The number of ether oxygens (including phenoxy) is 2. The first-order valence-electron chi connectivity index (χ1n) is 5.76. The minimum absolute atomic E-state index is 0.411. The predicted molar refractivity (Wildman–Crippen MR) is 67.3 cm³/mol. The van der Waals surface area contributed by atoms with Crippen LogP contribution in [0.1, 0.15) is 6.42 Å². The molecular formula is C12H15ClN2O2. The fourth-order valence-electron chi connectivity index (χ4n) is 2.51. The van der Waals surface area contributed by atoms with Gasteiger partial charge < -0.3 is 20.1 Å². The van der Waals surface area contributed by atoms with Crippen molar-refractivity contribution in [1.82, 2.24) is 0 Å². The number of anilines is 2. The van der Waals surface area contributed by atoms with Gasteiger partial charge in [-0.05, 0) is 18.2 Å². The van der Waals surface area contributed by atoms with Crippen LogP contribution in [-0.4, -0.2) is 32.1 Å². The van der Waals surface area contributed by atoms with Crippen molar-refractivity contribution in [3.05, 3.63) is 23.2 Å². The lowest BCUT2D eigenvalue weighted by molar-refractivity contribution is -0.137. The van der Waals surface area contributed by atoms with Crippen molar-refractivity contribution >= 4 is 23.0 Å². The van der Waals surface area contributed by atoms with Gasteiger partial charge in [0.2, 0.25) is 0 Å². The number of nitrogens with two attached hydrogens (primary N) is 1. The molecule has 0 saturated carbocycles. The molecule has 0 bridgehead atoms. The van der Waals surface area contributed by atoms with Crippen LogP contribution in [-0.2, 0) is 9.47 Å². The van der Waals surface area contributed by atoms with Gasteiger partial charge in [-0.25, -0.2) is 0 Å². The van der Waals surface area contributed by atoms with E-state index in [1.807, 2.05) is 12.1 Å². The molecule has 2 heterocycles. The van der Waals surface area contributed by atoms with E-state index in [-0.39, 0.29) is 0 Å². The molecular weight excluding hydrogens is 240 g/mol. The van der Waals surface area contributed by atoms with E-state index in [1.54, 1.807) is 6.07 Å². The Hall–Kier alpha value is -0.970. The third-order valence-electron chi connectivity index (χ3n) is 3.34. The molecule has 1 aromatic carbocycles. The van der Waals surface area contributed by atoms with E-state index in [9.17, 15) is 0 Å². The minimum atomic E-state index is -0.411. The summed E-state index contributed by atoms with van der Waals surface area (Å²) in [5.74, 6) is -0.411. The Bertz CT molecular complexity index is 433. The van der Waals surface area contributed by atoms with Crippen molar-refractivity contribution in [2.45, 2.75) is 12.2 Å². The molecule has 17 heavy (non-hydrogen) atoms. The molecule has 1 aromatic rings. The molecule has 2 aliphatic heterocycles. The summed E-state index contributed by atoms with van der Waals surface area (Å²) < 4.78 is 11.4. The molecule has 2 N–H and O–H groups in total. The first kappa shape index (κ1) is 11.1. The molecule has 1 spiro atoms. The highest BCUT2D eigenvalue weighted by molar-refractivity contribution is 6.31. The second kappa shape index (κ2) is 4.05. The first-order chi connectivity index (χ1) is 8.19. The highest BCUT2D eigenvalue weighted by Crippen LogP contribution is 2.36. The van der Waals surface area contributed by atoms with Crippen LogP contribution in [0.25, 0.3) is 0 Å². The van der Waals surface area contributed by atoms with Crippen LogP contribution >= 0.6 is 11.6 Å². The molecule has 0 radical (unpaired) electrons. The third-order valence-corrected chi connectivity index (χ3v) is 3.57. The molecule has 2 fully saturated rings. The molecule has 92 valence electrons. The van der Waals surface area contributed by atoms with E-state index in [0.29, 0.717) is 23.9 Å². The molecule has 3 rings (SSSR count). The monoisotopic (exact) mass is 254 g/mol. The molecule has 0 unspecified atom stereocenters. The molecule has 0 atom stereocenters. The first-order valence-corrected chi connectivity index (χ1v) is 6.14. The van der Waals surface area contributed by atoms with Gasteiger partial charge in [0.05, 0.1) is 31.1 Å². The van der Waals surface area contributed by atoms with Gasteiger partial charge in [0.1, 0.15) is 0 Å². The maximum atomic E-state index is 5.98. The molecule has 0 amide bonds. The molecule has 2 saturated heterocycles. The number of benzene rings is 1. The summed E-state index contributed by atoms with van der Waals surface area (Å²) in [5, 5.41) is 0.661.